The van der Waals surface area contributed by atoms with Crippen molar-refractivity contribution in [2.45, 2.75) is 39.0 Å². The monoisotopic (exact) mass is 278 g/mol. The molecule has 19 heavy (non-hydrogen) atoms. The van der Waals surface area contributed by atoms with Gasteiger partial charge < -0.3 is 11.1 Å². The lowest BCUT2D eigenvalue weighted by Gasteiger charge is -2.06. The molecule has 1 aromatic rings. The minimum Gasteiger partial charge on any atom is -0.389 e. The zero-order valence-corrected chi connectivity index (χ0v) is 12.3. The van der Waals surface area contributed by atoms with Crippen LogP contribution < -0.4 is 11.1 Å². The zero-order valence-electron chi connectivity index (χ0n) is 11.4. The van der Waals surface area contributed by atoms with Crippen LogP contribution in [-0.2, 0) is 11.2 Å². The van der Waals surface area contributed by atoms with Crippen LogP contribution in [0.2, 0.25) is 0 Å². The summed E-state index contributed by atoms with van der Waals surface area (Å²) in [5.41, 5.74) is 7.33. The molecule has 0 aliphatic carbocycles. The van der Waals surface area contributed by atoms with Crippen molar-refractivity contribution in [3.05, 3.63) is 35.4 Å². The molecule has 1 rings (SSSR count). The summed E-state index contributed by atoms with van der Waals surface area (Å²) in [5.74, 6) is 0.0690. The number of amides is 1. The fraction of sp³-hybridized carbons (Fsp3) is 0.467. The second-order valence-corrected chi connectivity index (χ2v) is 5.09. The molecule has 0 bridgehead atoms. The number of rotatable bonds is 8. The van der Waals surface area contributed by atoms with Crippen molar-refractivity contribution in [1.29, 1.82) is 0 Å². The Kier molecular flexibility index (Phi) is 7.11. The van der Waals surface area contributed by atoms with Gasteiger partial charge in [-0.05, 0) is 12.0 Å². The number of nitrogens with two attached hydrogens (primary N) is 1. The lowest BCUT2D eigenvalue weighted by atomic mass is 10.1. The average molecular weight is 278 g/mol. The van der Waals surface area contributed by atoms with Gasteiger partial charge in [-0.1, -0.05) is 62.7 Å². The number of carbonyl (C=O) groups excluding carboxylic acids is 1. The molecule has 0 heterocycles. The van der Waals surface area contributed by atoms with Crippen molar-refractivity contribution < 1.29 is 4.79 Å². The van der Waals surface area contributed by atoms with Crippen molar-refractivity contribution in [2.75, 3.05) is 6.54 Å². The third-order valence-electron chi connectivity index (χ3n) is 2.96. The molecule has 0 aliphatic rings. The van der Waals surface area contributed by atoms with Gasteiger partial charge >= 0.3 is 0 Å². The van der Waals surface area contributed by atoms with E-state index in [9.17, 15) is 4.79 Å². The van der Waals surface area contributed by atoms with Crippen LogP contribution in [0.4, 0.5) is 0 Å². The molecule has 104 valence electrons. The van der Waals surface area contributed by atoms with Crippen molar-refractivity contribution in [3.63, 3.8) is 0 Å². The van der Waals surface area contributed by atoms with E-state index in [1.165, 1.54) is 19.3 Å². The Bertz CT molecular complexity index is 415. The quantitative estimate of drug-likeness (QED) is 0.567. The predicted octanol–water partition coefficient (Wildman–Crippen LogP) is 2.56. The van der Waals surface area contributed by atoms with Crippen molar-refractivity contribution in [1.82, 2.24) is 5.32 Å². The summed E-state index contributed by atoms with van der Waals surface area (Å²) in [5, 5.41) is 2.94. The van der Waals surface area contributed by atoms with Crippen LogP contribution in [0.25, 0.3) is 0 Å². The smallest absolute Gasteiger partial charge is 0.224 e. The van der Waals surface area contributed by atoms with E-state index in [0.717, 1.165) is 24.1 Å². The van der Waals surface area contributed by atoms with Crippen LogP contribution >= 0.6 is 12.2 Å². The number of unbranched alkanes of at least 4 members (excludes halogenated alkanes) is 3. The van der Waals surface area contributed by atoms with Gasteiger partial charge in [0.15, 0.2) is 0 Å². The van der Waals surface area contributed by atoms with Crippen LogP contribution in [0, 0.1) is 0 Å². The first kappa shape index (κ1) is 15.6. The summed E-state index contributed by atoms with van der Waals surface area (Å²) in [6.07, 6.45) is 5.09. The van der Waals surface area contributed by atoms with E-state index in [1.54, 1.807) is 0 Å². The standard InChI is InChI=1S/C15H22N2OS/c1-2-3-4-5-10-17-14(18)11-12-6-8-13(9-7-12)15(16)19/h6-9H,2-5,10-11H2,1H3,(H2,16,19)(H,17,18). The normalized spacial score (nSPS) is 10.2. The van der Waals surface area contributed by atoms with Gasteiger partial charge in [-0.3, -0.25) is 4.79 Å². The molecular formula is C15H22N2OS. The van der Waals surface area contributed by atoms with Crippen LogP contribution in [-0.4, -0.2) is 17.4 Å². The second-order valence-electron chi connectivity index (χ2n) is 4.65. The molecule has 0 aliphatic heterocycles. The fourth-order valence-corrected chi connectivity index (χ4v) is 1.95. The largest absolute Gasteiger partial charge is 0.389 e. The van der Waals surface area contributed by atoms with Crippen molar-refractivity contribution >= 4 is 23.1 Å². The minimum absolute atomic E-state index is 0.0690. The van der Waals surface area contributed by atoms with E-state index in [1.807, 2.05) is 24.3 Å². The molecule has 0 radical (unpaired) electrons. The number of nitrogens with one attached hydrogen (secondary N) is 1. The summed E-state index contributed by atoms with van der Waals surface area (Å²) in [6, 6.07) is 7.49. The summed E-state index contributed by atoms with van der Waals surface area (Å²) in [6.45, 7) is 2.94. The average Bonchev–Trinajstić information content (AvgIpc) is 2.39. The van der Waals surface area contributed by atoms with Gasteiger partial charge in [0.25, 0.3) is 0 Å². The number of hydrogen-bond donors (Lipinski definition) is 2. The first-order valence-electron chi connectivity index (χ1n) is 6.79. The highest BCUT2D eigenvalue weighted by Gasteiger charge is 2.03. The Morgan fingerprint density at radius 2 is 1.89 bits per heavy atom. The van der Waals surface area contributed by atoms with Crippen molar-refractivity contribution in [2.24, 2.45) is 5.73 Å². The second kappa shape index (κ2) is 8.64. The number of benzene rings is 1. The molecule has 0 saturated heterocycles. The molecule has 1 amide bonds. The molecule has 1 aromatic carbocycles. The van der Waals surface area contributed by atoms with Gasteiger partial charge in [0, 0.05) is 12.1 Å². The van der Waals surface area contributed by atoms with Crippen LogP contribution in [0.3, 0.4) is 0 Å². The molecular weight excluding hydrogens is 256 g/mol. The molecule has 3 N–H and O–H groups in total. The lowest BCUT2D eigenvalue weighted by Crippen LogP contribution is -2.26. The summed E-state index contributed by atoms with van der Waals surface area (Å²) >= 11 is 4.88. The maximum atomic E-state index is 11.7. The summed E-state index contributed by atoms with van der Waals surface area (Å²) < 4.78 is 0. The Labute approximate surface area is 120 Å². The highest BCUT2D eigenvalue weighted by atomic mass is 32.1. The van der Waals surface area contributed by atoms with Gasteiger partial charge in [0.05, 0.1) is 6.42 Å². The van der Waals surface area contributed by atoms with E-state index >= 15 is 0 Å². The topological polar surface area (TPSA) is 55.1 Å². The van der Waals surface area contributed by atoms with Gasteiger partial charge in [-0.15, -0.1) is 0 Å². The van der Waals surface area contributed by atoms with Gasteiger partial charge in [-0.25, -0.2) is 0 Å². The Morgan fingerprint density at radius 1 is 1.21 bits per heavy atom. The van der Waals surface area contributed by atoms with Crippen LogP contribution in [0.5, 0.6) is 0 Å². The summed E-state index contributed by atoms with van der Waals surface area (Å²) in [7, 11) is 0. The van der Waals surface area contributed by atoms with Crippen LogP contribution in [0.1, 0.15) is 43.7 Å². The molecule has 3 nitrogen and oxygen atoms in total. The molecule has 0 atom stereocenters. The van der Waals surface area contributed by atoms with E-state index in [2.05, 4.69) is 12.2 Å². The number of carbonyl (C=O) groups is 1. The Hall–Kier alpha value is -1.42. The SMILES string of the molecule is CCCCCCNC(=O)Cc1ccc(C(N)=S)cc1. The molecule has 0 aromatic heterocycles. The van der Waals surface area contributed by atoms with Crippen molar-refractivity contribution in [3.8, 4) is 0 Å². The summed E-state index contributed by atoms with van der Waals surface area (Å²) in [4.78, 5) is 12.1. The van der Waals surface area contributed by atoms with E-state index in [-0.39, 0.29) is 5.91 Å². The lowest BCUT2D eigenvalue weighted by molar-refractivity contribution is -0.120. The first-order chi connectivity index (χ1) is 9.13. The van der Waals surface area contributed by atoms with E-state index < -0.39 is 0 Å². The number of hydrogen-bond acceptors (Lipinski definition) is 2. The maximum absolute atomic E-state index is 11.7. The molecule has 0 fully saturated rings. The third kappa shape index (κ3) is 6.34. The highest BCUT2D eigenvalue weighted by molar-refractivity contribution is 7.80. The third-order valence-corrected chi connectivity index (χ3v) is 3.19. The highest BCUT2D eigenvalue weighted by Crippen LogP contribution is 2.05. The maximum Gasteiger partial charge on any atom is 0.224 e. The van der Waals surface area contributed by atoms with E-state index in [0.29, 0.717) is 11.4 Å². The molecule has 4 heteroatoms. The van der Waals surface area contributed by atoms with E-state index in [4.69, 9.17) is 18.0 Å². The fourth-order valence-electron chi connectivity index (χ4n) is 1.81. The Balaban J connectivity index is 2.30. The minimum atomic E-state index is 0.0690. The molecule has 0 saturated carbocycles. The van der Waals surface area contributed by atoms with Gasteiger partial charge in [0.2, 0.25) is 5.91 Å². The van der Waals surface area contributed by atoms with Crippen LogP contribution in [0.15, 0.2) is 24.3 Å². The van der Waals surface area contributed by atoms with Gasteiger partial charge in [0.1, 0.15) is 4.99 Å². The number of thiocarbonyl (C=S) groups is 1. The molecule has 0 spiro atoms. The predicted molar refractivity (Wildman–Crippen MR) is 83.2 cm³/mol. The Morgan fingerprint density at radius 3 is 2.47 bits per heavy atom. The zero-order chi connectivity index (χ0) is 14.1. The first-order valence-corrected chi connectivity index (χ1v) is 7.19. The molecule has 0 unspecified atom stereocenters. The van der Waals surface area contributed by atoms with Gasteiger partial charge in [-0.2, -0.15) is 0 Å².